The lowest BCUT2D eigenvalue weighted by Crippen LogP contribution is -2.23. The smallest absolute Gasteiger partial charge is 0.247 e. The fourth-order valence-corrected chi connectivity index (χ4v) is 2.52. The number of hydrogen-bond acceptors (Lipinski definition) is 5. The van der Waals surface area contributed by atoms with Crippen molar-refractivity contribution in [2.24, 2.45) is 0 Å². The molecule has 0 aliphatic rings. The van der Waals surface area contributed by atoms with Gasteiger partial charge in [0, 0.05) is 30.5 Å². The van der Waals surface area contributed by atoms with Gasteiger partial charge in [0.2, 0.25) is 17.7 Å². The number of methoxy groups -OCH3 is 1. The molecule has 1 aromatic heterocycles. The molecule has 6 heteroatoms. The highest BCUT2D eigenvalue weighted by molar-refractivity contribution is 5.76. The Balaban J connectivity index is 1.51. The van der Waals surface area contributed by atoms with Crippen LogP contribution in [0.2, 0.25) is 0 Å². The molecule has 1 amide bonds. The fourth-order valence-electron chi connectivity index (χ4n) is 2.52. The quantitative estimate of drug-likeness (QED) is 0.707. The molecule has 0 saturated heterocycles. The monoisotopic (exact) mass is 351 g/mol. The van der Waals surface area contributed by atoms with E-state index in [1.54, 1.807) is 7.11 Å². The summed E-state index contributed by atoms with van der Waals surface area (Å²) in [5, 5.41) is 10.9. The average molecular weight is 351 g/mol. The molecule has 0 bridgehead atoms. The summed E-state index contributed by atoms with van der Waals surface area (Å²) < 4.78 is 10.9. The maximum absolute atomic E-state index is 12.1. The van der Waals surface area contributed by atoms with Crippen molar-refractivity contribution in [3.8, 4) is 17.2 Å². The van der Waals surface area contributed by atoms with Crippen LogP contribution in [0.3, 0.4) is 0 Å². The van der Waals surface area contributed by atoms with E-state index in [1.807, 2.05) is 55.5 Å². The number of nitrogens with zero attached hydrogens (tertiary/aromatic N) is 2. The number of aryl methyl sites for hydroxylation is 2. The Kier molecular flexibility index (Phi) is 5.63. The summed E-state index contributed by atoms with van der Waals surface area (Å²) in [6, 6.07) is 15.5. The van der Waals surface area contributed by atoms with Crippen molar-refractivity contribution < 1.29 is 13.9 Å². The first kappa shape index (κ1) is 17.7. The maximum Gasteiger partial charge on any atom is 0.247 e. The minimum absolute atomic E-state index is 0.0778. The summed E-state index contributed by atoms with van der Waals surface area (Å²) in [5.74, 6) is 1.60. The highest BCUT2D eigenvalue weighted by Gasteiger charge is 2.11. The molecule has 26 heavy (non-hydrogen) atoms. The second kappa shape index (κ2) is 8.29. The van der Waals surface area contributed by atoms with Crippen molar-refractivity contribution in [2.45, 2.75) is 26.3 Å². The molecule has 0 fully saturated rings. The first-order valence-corrected chi connectivity index (χ1v) is 8.43. The van der Waals surface area contributed by atoms with Crippen LogP contribution in [0.15, 0.2) is 52.9 Å². The zero-order valence-electron chi connectivity index (χ0n) is 14.9. The van der Waals surface area contributed by atoms with Crippen LogP contribution in [0.4, 0.5) is 0 Å². The Labute approximate surface area is 152 Å². The third-order valence-corrected chi connectivity index (χ3v) is 4.00. The molecule has 0 aliphatic carbocycles. The van der Waals surface area contributed by atoms with Gasteiger partial charge in [0.1, 0.15) is 5.75 Å². The van der Waals surface area contributed by atoms with Crippen molar-refractivity contribution in [3.05, 3.63) is 65.5 Å². The molecule has 1 N–H and O–H groups in total. The zero-order valence-corrected chi connectivity index (χ0v) is 14.9. The largest absolute Gasteiger partial charge is 0.496 e. The lowest BCUT2D eigenvalue weighted by molar-refractivity contribution is -0.121. The standard InChI is InChI=1S/C20H21N3O3/c1-14-7-9-15(10-8-14)20-23-22-19(26-20)12-11-18(24)21-13-16-5-3-4-6-17(16)25-2/h3-10H,11-13H2,1-2H3,(H,21,24). The van der Waals surface area contributed by atoms with Gasteiger partial charge in [0.05, 0.1) is 7.11 Å². The van der Waals surface area contributed by atoms with Crippen LogP contribution >= 0.6 is 0 Å². The zero-order chi connectivity index (χ0) is 18.4. The van der Waals surface area contributed by atoms with Gasteiger partial charge in [-0.25, -0.2) is 0 Å². The molecule has 0 spiro atoms. The van der Waals surface area contributed by atoms with E-state index >= 15 is 0 Å². The molecular formula is C20H21N3O3. The number of rotatable bonds is 7. The molecule has 0 saturated carbocycles. The topological polar surface area (TPSA) is 77.2 Å². The fraction of sp³-hybridized carbons (Fsp3) is 0.250. The van der Waals surface area contributed by atoms with E-state index in [1.165, 1.54) is 5.56 Å². The van der Waals surface area contributed by atoms with Crippen molar-refractivity contribution in [2.75, 3.05) is 7.11 Å². The number of ether oxygens (including phenoxy) is 1. The molecule has 0 radical (unpaired) electrons. The molecule has 1 heterocycles. The number of hydrogen-bond donors (Lipinski definition) is 1. The van der Waals surface area contributed by atoms with E-state index in [0.29, 0.717) is 24.7 Å². The van der Waals surface area contributed by atoms with Crippen LogP contribution in [-0.4, -0.2) is 23.2 Å². The maximum atomic E-state index is 12.1. The number of amides is 1. The molecule has 6 nitrogen and oxygen atoms in total. The summed E-state index contributed by atoms with van der Waals surface area (Å²) >= 11 is 0. The highest BCUT2D eigenvalue weighted by Crippen LogP contribution is 2.19. The first-order valence-electron chi connectivity index (χ1n) is 8.43. The molecule has 0 unspecified atom stereocenters. The molecule has 3 aromatic rings. The Morgan fingerprint density at radius 2 is 1.88 bits per heavy atom. The minimum atomic E-state index is -0.0778. The predicted octanol–water partition coefficient (Wildman–Crippen LogP) is 3.30. The number of carbonyl (C=O) groups is 1. The van der Waals surface area contributed by atoms with Crippen LogP contribution in [-0.2, 0) is 17.8 Å². The van der Waals surface area contributed by atoms with Crippen molar-refractivity contribution in [1.29, 1.82) is 0 Å². The summed E-state index contributed by atoms with van der Waals surface area (Å²) in [6.45, 7) is 2.44. The average Bonchev–Trinajstić information content (AvgIpc) is 3.14. The third kappa shape index (κ3) is 4.47. The number of nitrogens with one attached hydrogen (secondary N) is 1. The van der Waals surface area contributed by atoms with Gasteiger partial charge >= 0.3 is 0 Å². The van der Waals surface area contributed by atoms with Gasteiger partial charge in [-0.15, -0.1) is 10.2 Å². The lowest BCUT2D eigenvalue weighted by atomic mass is 10.1. The second-order valence-electron chi connectivity index (χ2n) is 5.96. The van der Waals surface area contributed by atoms with Crippen LogP contribution in [0.1, 0.15) is 23.4 Å². The van der Waals surface area contributed by atoms with Gasteiger partial charge < -0.3 is 14.5 Å². The number of aromatic nitrogens is 2. The molecule has 3 rings (SSSR count). The molecule has 0 aliphatic heterocycles. The van der Waals surface area contributed by atoms with Gasteiger partial charge in [-0.3, -0.25) is 4.79 Å². The normalized spacial score (nSPS) is 10.5. The van der Waals surface area contributed by atoms with Gasteiger partial charge in [-0.1, -0.05) is 35.9 Å². The molecular weight excluding hydrogens is 330 g/mol. The van der Waals surface area contributed by atoms with Gasteiger partial charge in [-0.05, 0) is 25.1 Å². The van der Waals surface area contributed by atoms with Crippen molar-refractivity contribution in [3.63, 3.8) is 0 Å². The minimum Gasteiger partial charge on any atom is -0.496 e. The highest BCUT2D eigenvalue weighted by atomic mass is 16.5. The second-order valence-corrected chi connectivity index (χ2v) is 5.96. The van der Waals surface area contributed by atoms with Crippen LogP contribution < -0.4 is 10.1 Å². The molecule has 2 aromatic carbocycles. The van der Waals surface area contributed by atoms with E-state index in [4.69, 9.17) is 9.15 Å². The summed E-state index contributed by atoms with van der Waals surface area (Å²) in [7, 11) is 1.61. The molecule has 0 atom stereocenters. The van der Waals surface area contributed by atoms with E-state index < -0.39 is 0 Å². The van der Waals surface area contributed by atoms with Crippen LogP contribution in [0.25, 0.3) is 11.5 Å². The predicted molar refractivity (Wildman–Crippen MR) is 97.6 cm³/mol. The third-order valence-electron chi connectivity index (χ3n) is 4.00. The van der Waals surface area contributed by atoms with E-state index in [2.05, 4.69) is 15.5 Å². The SMILES string of the molecule is COc1ccccc1CNC(=O)CCc1nnc(-c2ccc(C)cc2)o1. The van der Waals surface area contributed by atoms with Gasteiger partial charge in [0.25, 0.3) is 0 Å². The van der Waals surface area contributed by atoms with Gasteiger partial charge in [-0.2, -0.15) is 0 Å². The van der Waals surface area contributed by atoms with Gasteiger partial charge in [0.15, 0.2) is 0 Å². The van der Waals surface area contributed by atoms with Crippen molar-refractivity contribution in [1.82, 2.24) is 15.5 Å². The lowest BCUT2D eigenvalue weighted by Gasteiger charge is -2.09. The summed E-state index contributed by atoms with van der Waals surface area (Å²) in [4.78, 5) is 12.1. The molecule has 134 valence electrons. The van der Waals surface area contributed by atoms with Crippen LogP contribution in [0.5, 0.6) is 5.75 Å². The van der Waals surface area contributed by atoms with Crippen molar-refractivity contribution >= 4 is 5.91 Å². The van der Waals surface area contributed by atoms with E-state index in [-0.39, 0.29) is 12.3 Å². The Bertz CT molecular complexity index is 872. The number of benzene rings is 2. The number of carbonyl (C=O) groups excluding carboxylic acids is 1. The Morgan fingerprint density at radius 1 is 1.12 bits per heavy atom. The van der Waals surface area contributed by atoms with E-state index in [0.717, 1.165) is 16.9 Å². The van der Waals surface area contributed by atoms with Crippen LogP contribution in [0, 0.1) is 6.92 Å². The summed E-state index contributed by atoms with van der Waals surface area (Å²) in [6.07, 6.45) is 0.682. The first-order chi connectivity index (χ1) is 12.7. The summed E-state index contributed by atoms with van der Waals surface area (Å²) in [5.41, 5.74) is 2.97. The Hall–Kier alpha value is -3.15. The Morgan fingerprint density at radius 3 is 2.65 bits per heavy atom. The van der Waals surface area contributed by atoms with E-state index in [9.17, 15) is 4.79 Å². The number of para-hydroxylation sites is 1.